The topological polar surface area (TPSA) is 96.6 Å². The maximum Gasteiger partial charge on any atom is 0.323 e. The number of aromatic nitrogens is 1. The Balaban J connectivity index is 2.59. The highest BCUT2D eigenvalue weighted by Gasteiger charge is 2.23. The van der Waals surface area contributed by atoms with E-state index in [9.17, 15) is 14.9 Å². The molecule has 0 aliphatic carbocycles. The molecule has 0 unspecified atom stereocenters. The van der Waals surface area contributed by atoms with Crippen molar-refractivity contribution in [2.45, 2.75) is 20.3 Å². The van der Waals surface area contributed by atoms with Crippen molar-refractivity contribution in [3.05, 3.63) is 27.3 Å². The molecule has 0 spiro atoms. The Labute approximate surface area is 125 Å². The number of thiazole rings is 1. The second-order valence-electron chi connectivity index (χ2n) is 4.61. The fourth-order valence-corrected chi connectivity index (χ4v) is 3.03. The quantitative estimate of drug-likeness (QED) is 0.651. The maximum atomic E-state index is 11.3. The summed E-state index contributed by atoms with van der Waals surface area (Å²) in [5, 5.41) is 21.1. The van der Waals surface area contributed by atoms with E-state index in [0.717, 1.165) is 9.71 Å². The average Bonchev–Trinajstić information content (AvgIpc) is 2.75. The van der Waals surface area contributed by atoms with E-state index in [1.54, 1.807) is 6.07 Å². The van der Waals surface area contributed by atoms with Gasteiger partial charge in [0, 0.05) is 12.6 Å². The van der Waals surface area contributed by atoms with Crippen LogP contribution in [0.5, 0.6) is 0 Å². The van der Waals surface area contributed by atoms with Crippen molar-refractivity contribution in [1.82, 2.24) is 4.98 Å². The molecule has 21 heavy (non-hydrogen) atoms. The zero-order valence-electron chi connectivity index (χ0n) is 11.7. The molecule has 0 aliphatic heterocycles. The number of aliphatic carboxylic acids is 1. The molecular formula is C13H15N3O4S. The van der Waals surface area contributed by atoms with Crippen molar-refractivity contribution in [2.24, 2.45) is 0 Å². The van der Waals surface area contributed by atoms with Crippen LogP contribution in [0, 0.1) is 17.0 Å². The van der Waals surface area contributed by atoms with Gasteiger partial charge < -0.3 is 10.0 Å². The molecule has 1 N–H and O–H groups in total. The zero-order chi connectivity index (χ0) is 15.6. The second-order valence-corrected chi connectivity index (χ2v) is 5.85. The van der Waals surface area contributed by atoms with Crippen molar-refractivity contribution in [3.63, 3.8) is 0 Å². The number of rotatable bonds is 6. The molecule has 0 atom stereocenters. The first-order chi connectivity index (χ1) is 9.92. The molecule has 2 aromatic rings. The highest BCUT2D eigenvalue weighted by atomic mass is 32.1. The minimum absolute atomic E-state index is 0.0825. The minimum atomic E-state index is -1.02. The van der Waals surface area contributed by atoms with E-state index < -0.39 is 10.9 Å². The number of anilines is 1. The van der Waals surface area contributed by atoms with Gasteiger partial charge in [-0.05, 0) is 19.4 Å². The Kier molecular flexibility index (Phi) is 4.37. The molecule has 0 aliphatic rings. The van der Waals surface area contributed by atoms with Crippen LogP contribution in [0.15, 0.2) is 12.1 Å². The summed E-state index contributed by atoms with van der Waals surface area (Å²) in [4.78, 5) is 27.6. The minimum Gasteiger partial charge on any atom is -0.480 e. The predicted molar refractivity (Wildman–Crippen MR) is 81.2 cm³/mol. The maximum absolute atomic E-state index is 11.3. The van der Waals surface area contributed by atoms with Crippen LogP contribution in [0.25, 0.3) is 10.2 Å². The summed E-state index contributed by atoms with van der Waals surface area (Å²) in [6.07, 6.45) is 0.693. The van der Waals surface area contributed by atoms with E-state index in [2.05, 4.69) is 4.98 Å². The van der Waals surface area contributed by atoms with Gasteiger partial charge >= 0.3 is 5.97 Å². The zero-order valence-corrected chi connectivity index (χ0v) is 12.5. The predicted octanol–water partition coefficient (Wildman–Crippen LogP) is 2.81. The summed E-state index contributed by atoms with van der Waals surface area (Å²) in [6.45, 7) is 3.88. The largest absolute Gasteiger partial charge is 0.480 e. The number of aryl methyl sites for hydroxylation is 1. The van der Waals surface area contributed by atoms with Crippen LogP contribution in [-0.4, -0.2) is 34.1 Å². The Hall–Kier alpha value is -2.22. The van der Waals surface area contributed by atoms with Gasteiger partial charge in [-0.15, -0.1) is 11.3 Å². The van der Waals surface area contributed by atoms with Gasteiger partial charge in [0.25, 0.3) is 5.69 Å². The molecular weight excluding hydrogens is 294 g/mol. The number of nitro benzene ring substituents is 1. The fraction of sp³-hybridized carbons (Fsp3) is 0.385. The normalized spacial score (nSPS) is 10.8. The Bertz CT molecular complexity index is 698. The first kappa shape index (κ1) is 15.2. The molecule has 7 nitrogen and oxygen atoms in total. The molecule has 1 heterocycles. The summed E-state index contributed by atoms with van der Waals surface area (Å²) in [7, 11) is 0. The van der Waals surface area contributed by atoms with E-state index >= 15 is 0 Å². The number of fused-ring (bicyclic) bond motifs is 1. The number of carboxylic acids is 1. The van der Waals surface area contributed by atoms with Crippen LogP contribution in [-0.2, 0) is 4.79 Å². The van der Waals surface area contributed by atoms with Gasteiger partial charge in [-0.2, -0.15) is 0 Å². The summed E-state index contributed by atoms with van der Waals surface area (Å²) < 4.78 is 0.731. The molecule has 0 radical (unpaired) electrons. The number of hydrogen-bond acceptors (Lipinski definition) is 6. The lowest BCUT2D eigenvalue weighted by atomic mass is 10.2. The van der Waals surface area contributed by atoms with Gasteiger partial charge in [-0.1, -0.05) is 6.92 Å². The fourth-order valence-electron chi connectivity index (χ4n) is 2.18. The summed E-state index contributed by atoms with van der Waals surface area (Å²) in [5.41, 5.74) is 0.882. The third-order valence-electron chi connectivity index (χ3n) is 2.95. The van der Waals surface area contributed by atoms with E-state index in [-0.39, 0.29) is 12.2 Å². The molecule has 2 rings (SSSR count). The summed E-state index contributed by atoms with van der Waals surface area (Å²) in [5.74, 6) is -1.02. The molecule has 0 saturated heterocycles. The van der Waals surface area contributed by atoms with Crippen LogP contribution in [0.2, 0.25) is 0 Å². The van der Waals surface area contributed by atoms with Crippen molar-refractivity contribution in [1.29, 1.82) is 0 Å². The number of nitrogens with zero attached hydrogens (tertiary/aromatic N) is 3. The summed E-state index contributed by atoms with van der Waals surface area (Å²) >= 11 is 1.38. The van der Waals surface area contributed by atoms with Gasteiger partial charge in [0.15, 0.2) is 0 Å². The number of carbonyl (C=O) groups is 1. The Morgan fingerprint density at radius 1 is 1.52 bits per heavy atom. The van der Waals surface area contributed by atoms with Crippen molar-refractivity contribution in [2.75, 3.05) is 18.0 Å². The average molecular weight is 309 g/mol. The van der Waals surface area contributed by atoms with Gasteiger partial charge in [0.1, 0.15) is 12.2 Å². The standard InChI is InChI=1S/C13H15N3O4S/c1-3-4-15(7-13(17)18)10-5-9-12(21-8(2)14-9)6-11(10)16(19)20/h5-6H,3-4,7H2,1-2H3,(H,17,18). The molecule has 0 bridgehead atoms. The third kappa shape index (κ3) is 3.27. The third-order valence-corrected chi connectivity index (χ3v) is 3.88. The van der Waals surface area contributed by atoms with Crippen LogP contribution >= 0.6 is 11.3 Å². The number of hydrogen-bond donors (Lipinski definition) is 1. The molecule has 1 aromatic heterocycles. The first-order valence-corrected chi connectivity index (χ1v) is 7.26. The van der Waals surface area contributed by atoms with Crippen molar-refractivity contribution < 1.29 is 14.8 Å². The molecule has 0 saturated carbocycles. The molecule has 8 heteroatoms. The smallest absolute Gasteiger partial charge is 0.323 e. The lowest BCUT2D eigenvalue weighted by molar-refractivity contribution is -0.384. The molecule has 112 valence electrons. The Morgan fingerprint density at radius 3 is 2.81 bits per heavy atom. The van der Waals surface area contributed by atoms with Gasteiger partial charge in [-0.3, -0.25) is 14.9 Å². The van der Waals surface area contributed by atoms with Crippen molar-refractivity contribution >= 4 is 38.9 Å². The van der Waals surface area contributed by atoms with E-state index in [1.165, 1.54) is 22.3 Å². The molecule has 0 amide bonds. The highest BCUT2D eigenvalue weighted by molar-refractivity contribution is 7.18. The first-order valence-electron chi connectivity index (χ1n) is 6.44. The van der Waals surface area contributed by atoms with Gasteiger partial charge in [-0.25, -0.2) is 4.98 Å². The lowest BCUT2D eigenvalue weighted by Gasteiger charge is -2.21. The number of benzene rings is 1. The van der Waals surface area contributed by atoms with Crippen LogP contribution in [0.3, 0.4) is 0 Å². The Morgan fingerprint density at radius 2 is 2.24 bits per heavy atom. The second kappa shape index (κ2) is 6.04. The number of nitro groups is 1. The van der Waals surface area contributed by atoms with E-state index in [0.29, 0.717) is 24.2 Å². The summed E-state index contributed by atoms with van der Waals surface area (Å²) in [6, 6.07) is 3.08. The SMILES string of the molecule is CCCN(CC(=O)O)c1cc2nc(C)sc2cc1[N+](=O)[O-]. The monoisotopic (exact) mass is 309 g/mol. The van der Waals surface area contributed by atoms with E-state index in [4.69, 9.17) is 5.11 Å². The van der Waals surface area contributed by atoms with Gasteiger partial charge in [0.05, 0.1) is 20.1 Å². The molecule has 0 fully saturated rings. The van der Waals surface area contributed by atoms with Crippen LogP contribution in [0.4, 0.5) is 11.4 Å². The van der Waals surface area contributed by atoms with Crippen molar-refractivity contribution in [3.8, 4) is 0 Å². The molecule has 1 aromatic carbocycles. The van der Waals surface area contributed by atoms with Gasteiger partial charge in [0.2, 0.25) is 0 Å². The van der Waals surface area contributed by atoms with E-state index in [1.807, 2.05) is 13.8 Å². The highest BCUT2D eigenvalue weighted by Crippen LogP contribution is 2.35. The lowest BCUT2D eigenvalue weighted by Crippen LogP contribution is -2.30. The van der Waals surface area contributed by atoms with Crippen LogP contribution in [0.1, 0.15) is 18.4 Å². The number of carboxylic acid groups (broad SMARTS) is 1. The van der Waals surface area contributed by atoms with Crippen LogP contribution < -0.4 is 4.90 Å².